The van der Waals surface area contributed by atoms with Crippen molar-refractivity contribution in [3.8, 4) is 0 Å². The average molecular weight is 304 g/mol. The van der Waals surface area contributed by atoms with E-state index in [4.69, 9.17) is 5.11 Å². The Morgan fingerprint density at radius 1 is 1.29 bits per heavy atom. The molecule has 0 radical (unpaired) electrons. The maximum atomic E-state index is 11.4. The maximum absolute atomic E-state index is 11.4. The fourth-order valence-corrected chi connectivity index (χ4v) is 1.19. The summed E-state index contributed by atoms with van der Waals surface area (Å²) in [7, 11) is 2.27. The Morgan fingerprint density at radius 3 is 2.29 bits per heavy atom. The highest BCUT2D eigenvalue weighted by atomic mass is 79.9. The number of ether oxygens (including phenoxy) is 1. The summed E-state index contributed by atoms with van der Waals surface area (Å²) in [5, 5.41) is 9.44. The van der Waals surface area contributed by atoms with Crippen LogP contribution in [-0.4, -0.2) is 37.7 Å². The van der Waals surface area contributed by atoms with Gasteiger partial charge in [-0.25, -0.2) is 0 Å². The first kappa shape index (κ1) is 15.6. The van der Waals surface area contributed by atoms with Crippen LogP contribution in [0.4, 0.5) is 0 Å². The van der Waals surface area contributed by atoms with Crippen molar-refractivity contribution in [1.29, 1.82) is 0 Å². The summed E-state index contributed by atoms with van der Waals surface area (Å²) in [4.78, 5) is 22.2. The molecule has 1 amide bonds. The molecule has 0 bridgehead atoms. The van der Waals surface area contributed by atoms with Gasteiger partial charge in [0.05, 0.1) is 7.11 Å². The van der Waals surface area contributed by atoms with Gasteiger partial charge in [0.15, 0.2) is 0 Å². The zero-order valence-corrected chi connectivity index (χ0v) is 11.2. The molecule has 1 aromatic rings. The van der Waals surface area contributed by atoms with Crippen LogP contribution >= 0.6 is 15.9 Å². The van der Waals surface area contributed by atoms with Gasteiger partial charge < -0.3 is 15.2 Å². The van der Waals surface area contributed by atoms with Crippen LogP contribution in [0.15, 0.2) is 28.7 Å². The number of rotatable bonds is 3. The van der Waals surface area contributed by atoms with Crippen LogP contribution < -0.4 is 5.32 Å². The van der Waals surface area contributed by atoms with Gasteiger partial charge in [-0.05, 0) is 24.3 Å². The Morgan fingerprint density at radius 2 is 1.82 bits per heavy atom. The van der Waals surface area contributed by atoms with E-state index in [9.17, 15) is 9.59 Å². The predicted molar refractivity (Wildman–Crippen MR) is 66.6 cm³/mol. The summed E-state index contributed by atoms with van der Waals surface area (Å²) in [5.41, 5.74) is 0.502. The molecule has 0 fully saturated rings. The van der Waals surface area contributed by atoms with Crippen LogP contribution in [0.3, 0.4) is 0 Å². The van der Waals surface area contributed by atoms with E-state index in [1.807, 2.05) is 0 Å². The number of aliphatic hydroxyl groups is 1. The first-order valence-corrected chi connectivity index (χ1v) is 5.48. The lowest BCUT2D eigenvalue weighted by molar-refractivity contribution is -0.139. The fraction of sp³-hybridized carbons (Fsp3) is 0.273. The molecule has 17 heavy (non-hydrogen) atoms. The highest BCUT2D eigenvalue weighted by Crippen LogP contribution is 2.10. The van der Waals surface area contributed by atoms with Crippen LogP contribution in [0.25, 0.3) is 0 Å². The topological polar surface area (TPSA) is 75.6 Å². The normalized spacial score (nSPS) is 8.71. The van der Waals surface area contributed by atoms with Crippen LogP contribution in [0, 0.1) is 0 Å². The second kappa shape index (κ2) is 8.72. The monoisotopic (exact) mass is 303 g/mol. The van der Waals surface area contributed by atoms with Crippen molar-refractivity contribution in [2.75, 3.05) is 20.8 Å². The van der Waals surface area contributed by atoms with Crippen LogP contribution in [-0.2, 0) is 9.53 Å². The molecule has 0 aliphatic heterocycles. The molecule has 0 unspecified atom stereocenters. The van der Waals surface area contributed by atoms with E-state index < -0.39 is 5.97 Å². The molecular formula is C11H14BrNO4. The Labute approximate surface area is 108 Å². The maximum Gasteiger partial charge on any atom is 0.325 e. The number of halogens is 1. The Kier molecular flexibility index (Phi) is 8.00. The van der Waals surface area contributed by atoms with E-state index in [1.165, 1.54) is 7.11 Å². The lowest BCUT2D eigenvalue weighted by Gasteiger charge is -2.03. The number of methoxy groups -OCH3 is 1. The predicted octanol–water partition coefficient (Wildman–Crippen LogP) is 0.960. The lowest BCUT2D eigenvalue weighted by atomic mass is 10.2. The third-order valence-electron chi connectivity index (χ3n) is 1.73. The standard InChI is InChI=1S/C10H10BrNO3.CH4O/c1-15-9(13)6-12-10(14)7-2-4-8(11)5-3-7;1-2/h2-5H,6H2,1H3,(H,12,14);2H,1H3. The number of benzene rings is 1. The van der Waals surface area contributed by atoms with E-state index in [2.05, 4.69) is 26.0 Å². The summed E-state index contributed by atoms with van der Waals surface area (Å²) in [6.45, 7) is -0.120. The summed E-state index contributed by atoms with van der Waals surface area (Å²) in [5.74, 6) is -0.770. The number of carbonyl (C=O) groups is 2. The summed E-state index contributed by atoms with van der Waals surface area (Å²) in [6.07, 6.45) is 0. The van der Waals surface area contributed by atoms with Crippen molar-refractivity contribution >= 4 is 27.8 Å². The van der Waals surface area contributed by atoms with Crippen molar-refractivity contribution in [3.63, 3.8) is 0 Å². The van der Waals surface area contributed by atoms with Gasteiger partial charge in [0.25, 0.3) is 5.91 Å². The van der Waals surface area contributed by atoms with E-state index in [0.717, 1.165) is 11.6 Å². The van der Waals surface area contributed by atoms with Gasteiger partial charge in [-0.3, -0.25) is 9.59 Å². The smallest absolute Gasteiger partial charge is 0.325 e. The summed E-state index contributed by atoms with van der Waals surface area (Å²) < 4.78 is 5.29. The zero-order chi connectivity index (χ0) is 13.3. The van der Waals surface area contributed by atoms with E-state index >= 15 is 0 Å². The number of carbonyl (C=O) groups excluding carboxylic acids is 2. The van der Waals surface area contributed by atoms with Crippen molar-refractivity contribution in [3.05, 3.63) is 34.3 Å². The number of amides is 1. The molecule has 6 heteroatoms. The van der Waals surface area contributed by atoms with E-state index in [-0.39, 0.29) is 12.5 Å². The fourth-order valence-electron chi connectivity index (χ4n) is 0.928. The van der Waals surface area contributed by atoms with Gasteiger partial charge >= 0.3 is 5.97 Å². The van der Waals surface area contributed by atoms with Crippen molar-refractivity contribution < 1.29 is 19.4 Å². The SMILES string of the molecule is CO.COC(=O)CNC(=O)c1ccc(Br)cc1. The summed E-state index contributed by atoms with van der Waals surface area (Å²) in [6, 6.07) is 6.84. The van der Waals surface area contributed by atoms with Gasteiger partial charge in [-0.15, -0.1) is 0 Å². The van der Waals surface area contributed by atoms with Crippen molar-refractivity contribution in [2.45, 2.75) is 0 Å². The van der Waals surface area contributed by atoms with Crippen LogP contribution in [0.1, 0.15) is 10.4 Å². The molecule has 0 spiro atoms. The molecule has 0 saturated heterocycles. The second-order valence-corrected chi connectivity index (χ2v) is 3.68. The van der Waals surface area contributed by atoms with Crippen molar-refractivity contribution in [2.24, 2.45) is 0 Å². The third kappa shape index (κ3) is 6.03. The van der Waals surface area contributed by atoms with Gasteiger partial charge in [-0.1, -0.05) is 15.9 Å². The minimum Gasteiger partial charge on any atom is -0.468 e. The third-order valence-corrected chi connectivity index (χ3v) is 2.26. The number of nitrogens with one attached hydrogen (secondary N) is 1. The quantitative estimate of drug-likeness (QED) is 0.816. The molecule has 94 valence electrons. The number of esters is 1. The minimum atomic E-state index is -0.472. The molecule has 0 saturated carbocycles. The second-order valence-electron chi connectivity index (χ2n) is 2.77. The van der Waals surface area contributed by atoms with Crippen LogP contribution in [0.5, 0.6) is 0 Å². The van der Waals surface area contributed by atoms with Gasteiger partial charge in [0.2, 0.25) is 0 Å². The first-order chi connectivity index (χ1) is 8.13. The Balaban J connectivity index is 0.00000121. The molecule has 0 aliphatic rings. The first-order valence-electron chi connectivity index (χ1n) is 4.69. The van der Waals surface area contributed by atoms with E-state index in [1.54, 1.807) is 24.3 Å². The molecule has 1 rings (SSSR count). The van der Waals surface area contributed by atoms with E-state index in [0.29, 0.717) is 5.56 Å². The molecular weight excluding hydrogens is 290 g/mol. The zero-order valence-electron chi connectivity index (χ0n) is 9.57. The number of aliphatic hydroxyl groups excluding tert-OH is 1. The van der Waals surface area contributed by atoms with Crippen molar-refractivity contribution in [1.82, 2.24) is 5.32 Å². The lowest BCUT2D eigenvalue weighted by Crippen LogP contribution is -2.30. The summed E-state index contributed by atoms with van der Waals surface area (Å²) >= 11 is 3.26. The number of hydrogen-bond donors (Lipinski definition) is 2. The van der Waals surface area contributed by atoms with Gasteiger partial charge in [0.1, 0.15) is 6.54 Å². The van der Waals surface area contributed by atoms with Gasteiger partial charge in [0, 0.05) is 17.1 Å². The number of hydrogen-bond acceptors (Lipinski definition) is 4. The highest BCUT2D eigenvalue weighted by molar-refractivity contribution is 9.10. The molecule has 0 aromatic heterocycles. The Bertz CT molecular complexity index is 364. The highest BCUT2D eigenvalue weighted by Gasteiger charge is 2.07. The molecule has 0 aliphatic carbocycles. The molecule has 5 nitrogen and oxygen atoms in total. The molecule has 0 heterocycles. The molecule has 0 atom stereocenters. The van der Waals surface area contributed by atoms with Crippen LogP contribution in [0.2, 0.25) is 0 Å². The van der Waals surface area contributed by atoms with Gasteiger partial charge in [-0.2, -0.15) is 0 Å². The average Bonchev–Trinajstić information content (AvgIpc) is 2.38. The molecule has 2 N–H and O–H groups in total. The largest absolute Gasteiger partial charge is 0.468 e. The minimum absolute atomic E-state index is 0.120. The molecule has 1 aromatic carbocycles. The Hall–Kier alpha value is -1.40.